The Hall–Kier alpha value is 0.439. The molecule has 0 aliphatic carbocycles. The average molecular weight is 180 g/mol. The maximum absolute atomic E-state index is 2.18. The van der Waals surface area contributed by atoms with Crippen molar-refractivity contribution in [2.24, 2.45) is 0 Å². The van der Waals surface area contributed by atoms with Crippen molar-refractivity contribution < 1.29 is 17.1 Å². The first-order chi connectivity index (χ1) is 3.63. The summed E-state index contributed by atoms with van der Waals surface area (Å²) in [5.74, 6) is 0. The predicted molar refractivity (Wildman–Crippen MR) is 37.1 cm³/mol. The summed E-state index contributed by atoms with van der Waals surface area (Å²) in [6.07, 6.45) is 0. The predicted octanol–water partition coefficient (Wildman–Crippen LogP) is 0.107. The summed E-state index contributed by atoms with van der Waals surface area (Å²) in [7, 11) is 8.35. The van der Waals surface area contributed by atoms with E-state index in [-0.39, 0.29) is 17.1 Å². The van der Waals surface area contributed by atoms with Gasteiger partial charge >= 0.3 is 17.1 Å². The first-order valence-corrected chi connectivity index (χ1v) is 2.92. The van der Waals surface area contributed by atoms with Crippen LogP contribution in [0.3, 0.4) is 0 Å². The molecule has 0 aromatic carbocycles. The zero-order valence-electron chi connectivity index (χ0n) is 6.61. The van der Waals surface area contributed by atoms with Gasteiger partial charge in [-0.3, -0.25) is 0 Å². The number of nitrogens with zero attached hydrogens (tertiary/aromatic N) is 2. The molecule has 0 heterocycles. The summed E-state index contributed by atoms with van der Waals surface area (Å²) >= 11 is 0. The summed E-state index contributed by atoms with van der Waals surface area (Å²) in [5, 5.41) is 0. The number of hydrogen-bond donors (Lipinski definition) is 0. The molecule has 0 saturated heterocycles. The summed E-state index contributed by atoms with van der Waals surface area (Å²) < 4.78 is 0. The molecular weight excluding hydrogens is 164 g/mol. The topological polar surface area (TPSA) is 6.48 Å². The van der Waals surface area contributed by atoms with Crippen molar-refractivity contribution in [3.05, 3.63) is 0 Å². The van der Waals surface area contributed by atoms with Crippen molar-refractivity contribution in [1.82, 2.24) is 9.80 Å². The molecule has 0 amide bonds. The molecule has 9 heavy (non-hydrogen) atoms. The molecule has 0 saturated carbocycles. The summed E-state index contributed by atoms with van der Waals surface area (Å²) in [4.78, 5) is 4.36. The van der Waals surface area contributed by atoms with Gasteiger partial charge in [0.25, 0.3) is 0 Å². The zero-order valence-corrected chi connectivity index (χ0v) is 7.55. The standard InChI is InChI=1S/C6H16N2.Cu/c1-7(2)5-6-8(3)4;/h5-6H2,1-4H3;/q;+2. The molecule has 0 bridgehead atoms. The molecule has 0 aromatic rings. The van der Waals surface area contributed by atoms with Crippen LogP contribution in [0.15, 0.2) is 0 Å². The van der Waals surface area contributed by atoms with E-state index >= 15 is 0 Å². The van der Waals surface area contributed by atoms with E-state index in [4.69, 9.17) is 0 Å². The zero-order chi connectivity index (χ0) is 6.57. The van der Waals surface area contributed by atoms with Crippen molar-refractivity contribution in [2.75, 3.05) is 41.3 Å². The third-order valence-corrected chi connectivity index (χ3v) is 0.994. The van der Waals surface area contributed by atoms with Crippen LogP contribution in [-0.4, -0.2) is 51.1 Å². The van der Waals surface area contributed by atoms with Gasteiger partial charge in [0.1, 0.15) is 0 Å². The van der Waals surface area contributed by atoms with Gasteiger partial charge in [-0.05, 0) is 28.2 Å². The van der Waals surface area contributed by atoms with Crippen LogP contribution in [0.4, 0.5) is 0 Å². The molecule has 0 aliphatic rings. The van der Waals surface area contributed by atoms with Crippen LogP contribution < -0.4 is 0 Å². The second-order valence-corrected chi connectivity index (χ2v) is 2.61. The van der Waals surface area contributed by atoms with Crippen LogP contribution >= 0.6 is 0 Å². The summed E-state index contributed by atoms with van der Waals surface area (Å²) in [5.41, 5.74) is 0. The molecule has 0 aliphatic heterocycles. The Morgan fingerprint density at radius 1 is 0.778 bits per heavy atom. The molecule has 1 radical (unpaired) electrons. The van der Waals surface area contributed by atoms with Gasteiger partial charge in [-0.1, -0.05) is 0 Å². The molecule has 59 valence electrons. The SMILES string of the molecule is CN(C)CCN(C)C.[Cu+2]. The molecule has 0 N–H and O–H groups in total. The van der Waals surface area contributed by atoms with E-state index in [1.54, 1.807) is 0 Å². The van der Waals surface area contributed by atoms with Gasteiger partial charge in [0.05, 0.1) is 0 Å². The Kier molecular flexibility index (Phi) is 8.85. The summed E-state index contributed by atoms with van der Waals surface area (Å²) in [6, 6.07) is 0. The minimum atomic E-state index is 0. The van der Waals surface area contributed by atoms with Crippen LogP contribution in [0, 0.1) is 0 Å². The van der Waals surface area contributed by atoms with Crippen LogP contribution in [0.25, 0.3) is 0 Å². The van der Waals surface area contributed by atoms with Crippen molar-refractivity contribution in [2.45, 2.75) is 0 Å². The second-order valence-electron chi connectivity index (χ2n) is 2.61. The van der Waals surface area contributed by atoms with Crippen LogP contribution in [0.5, 0.6) is 0 Å². The molecule has 0 spiro atoms. The molecule has 0 unspecified atom stereocenters. The Morgan fingerprint density at radius 3 is 1.11 bits per heavy atom. The Bertz CT molecular complexity index is 47.0. The molecule has 0 fully saturated rings. The fourth-order valence-electron chi connectivity index (χ4n) is 0.400. The van der Waals surface area contributed by atoms with E-state index in [0.717, 1.165) is 13.1 Å². The first-order valence-electron chi connectivity index (χ1n) is 2.92. The van der Waals surface area contributed by atoms with Gasteiger partial charge < -0.3 is 9.80 Å². The van der Waals surface area contributed by atoms with Crippen LogP contribution in [-0.2, 0) is 17.1 Å². The van der Waals surface area contributed by atoms with E-state index in [1.165, 1.54) is 0 Å². The average Bonchev–Trinajstić information content (AvgIpc) is 1.61. The van der Waals surface area contributed by atoms with Crippen molar-refractivity contribution in [1.29, 1.82) is 0 Å². The monoisotopic (exact) mass is 179 g/mol. The van der Waals surface area contributed by atoms with Gasteiger partial charge in [0.2, 0.25) is 0 Å². The molecule has 0 rings (SSSR count). The molecule has 0 aromatic heterocycles. The van der Waals surface area contributed by atoms with E-state index in [1.807, 2.05) is 0 Å². The smallest absolute Gasteiger partial charge is 0.308 e. The van der Waals surface area contributed by atoms with Gasteiger partial charge in [0, 0.05) is 13.1 Å². The second kappa shape index (κ2) is 6.56. The Morgan fingerprint density at radius 2 is 1.00 bits per heavy atom. The third-order valence-electron chi connectivity index (χ3n) is 0.994. The summed E-state index contributed by atoms with van der Waals surface area (Å²) in [6.45, 7) is 2.29. The van der Waals surface area contributed by atoms with Crippen LogP contribution in [0.1, 0.15) is 0 Å². The van der Waals surface area contributed by atoms with Crippen molar-refractivity contribution in [3.8, 4) is 0 Å². The van der Waals surface area contributed by atoms with E-state index < -0.39 is 0 Å². The fourth-order valence-corrected chi connectivity index (χ4v) is 0.400. The Balaban J connectivity index is 0. The van der Waals surface area contributed by atoms with Gasteiger partial charge in [-0.2, -0.15) is 0 Å². The minimum Gasteiger partial charge on any atom is -0.308 e. The Labute approximate surface area is 68.7 Å². The third kappa shape index (κ3) is 11.8. The van der Waals surface area contributed by atoms with Crippen molar-refractivity contribution in [3.63, 3.8) is 0 Å². The maximum atomic E-state index is 2.18. The van der Waals surface area contributed by atoms with E-state index in [0.29, 0.717) is 0 Å². The largest absolute Gasteiger partial charge is 2.00 e. The fraction of sp³-hybridized carbons (Fsp3) is 1.00. The molecular formula is C6H16CuN2+2. The van der Waals surface area contributed by atoms with Crippen LogP contribution in [0.2, 0.25) is 0 Å². The number of rotatable bonds is 3. The maximum Gasteiger partial charge on any atom is 2.00 e. The van der Waals surface area contributed by atoms with Gasteiger partial charge in [0.15, 0.2) is 0 Å². The van der Waals surface area contributed by atoms with Gasteiger partial charge in [-0.15, -0.1) is 0 Å². The number of likely N-dealkylation sites (N-methyl/N-ethyl adjacent to an activating group) is 2. The molecule has 2 nitrogen and oxygen atoms in total. The minimum absolute atomic E-state index is 0. The van der Waals surface area contributed by atoms with Crippen molar-refractivity contribution >= 4 is 0 Å². The normalized spacial score (nSPS) is 10.0. The first kappa shape index (κ1) is 12.1. The molecule has 0 atom stereocenters. The van der Waals surface area contributed by atoms with E-state index in [2.05, 4.69) is 38.0 Å². The van der Waals surface area contributed by atoms with E-state index in [9.17, 15) is 0 Å². The quantitative estimate of drug-likeness (QED) is 0.568. The number of hydrogen-bond acceptors (Lipinski definition) is 2. The van der Waals surface area contributed by atoms with Gasteiger partial charge in [-0.25, -0.2) is 0 Å². The molecule has 3 heteroatoms.